The molecule has 0 aromatic heterocycles. The molecule has 0 fully saturated rings. The van der Waals surface area contributed by atoms with E-state index >= 15 is 0 Å². The van der Waals surface area contributed by atoms with Crippen molar-refractivity contribution in [3.05, 3.63) is 95.6 Å². The molecule has 1 atom stereocenters. The van der Waals surface area contributed by atoms with Crippen LogP contribution in [0.5, 0.6) is 5.75 Å². The number of methoxy groups -OCH3 is 1. The molecular weight excluding hydrogens is 470 g/mol. The molecule has 192 valence electrons. The predicted octanol–water partition coefficient (Wildman–Crippen LogP) is 4.21. The average molecular weight is 502 g/mol. The minimum atomic E-state index is -1.21. The summed E-state index contributed by atoms with van der Waals surface area (Å²) in [6, 6.07) is 23.4. The maximum absolute atomic E-state index is 12.9. The van der Waals surface area contributed by atoms with E-state index in [1.165, 1.54) is 0 Å². The van der Waals surface area contributed by atoms with Gasteiger partial charge in [0.2, 0.25) is 12.1 Å². The molecule has 0 saturated heterocycles. The maximum Gasteiger partial charge on any atom is 0.291 e. The number of aliphatic imine (C=N–C) groups is 2. The first-order chi connectivity index (χ1) is 18.1. The summed E-state index contributed by atoms with van der Waals surface area (Å²) >= 11 is 0. The number of ether oxygens (including phenoxy) is 3. The summed E-state index contributed by atoms with van der Waals surface area (Å²) in [6.07, 6.45) is -1.21. The van der Waals surface area contributed by atoms with E-state index in [4.69, 9.17) is 25.4 Å². The van der Waals surface area contributed by atoms with E-state index in [2.05, 4.69) is 15.3 Å². The molecule has 0 spiro atoms. The molecule has 1 unspecified atom stereocenters. The summed E-state index contributed by atoms with van der Waals surface area (Å²) < 4.78 is 16.1. The van der Waals surface area contributed by atoms with Crippen LogP contribution >= 0.6 is 0 Å². The fraction of sp³-hybridized carbons (Fsp3) is 0.214. The van der Waals surface area contributed by atoms with Gasteiger partial charge in [-0.25, -0.2) is 4.99 Å². The van der Waals surface area contributed by atoms with Crippen molar-refractivity contribution >= 4 is 29.2 Å². The third-order valence-corrected chi connectivity index (χ3v) is 5.11. The Balaban J connectivity index is 0.00000186. The number of nitrogens with two attached hydrogens (primary N) is 1. The van der Waals surface area contributed by atoms with Crippen molar-refractivity contribution in [3.8, 4) is 5.75 Å². The number of nitrogens with zero attached hydrogens (tertiary/aromatic N) is 2. The SMILES string of the molecule is CC.COCCOc1ccccc1C(=N)O/C(N)=N/C1N=C(c2ccccc2)c2ccccc2NC1=O. The first-order valence-corrected chi connectivity index (χ1v) is 11.9. The molecule has 1 heterocycles. The summed E-state index contributed by atoms with van der Waals surface area (Å²) in [6.45, 7) is 4.71. The lowest BCUT2D eigenvalue weighted by atomic mass is 10.0. The number of rotatable bonds is 7. The average Bonchev–Trinajstić information content (AvgIpc) is 3.06. The number of amidine groups is 1. The number of anilines is 1. The van der Waals surface area contributed by atoms with Gasteiger partial charge in [-0.05, 0) is 18.2 Å². The molecule has 1 aliphatic heterocycles. The first-order valence-electron chi connectivity index (χ1n) is 11.9. The molecule has 37 heavy (non-hydrogen) atoms. The lowest BCUT2D eigenvalue weighted by Gasteiger charge is -2.13. The number of carbonyl (C=O) groups excluding carboxylic acids is 1. The topological polar surface area (TPSA) is 131 Å². The zero-order chi connectivity index (χ0) is 26.6. The van der Waals surface area contributed by atoms with Gasteiger partial charge in [-0.1, -0.05) is 74.5 Å². The summed E-state index contributed by atoms with van der Waals surface area (Å²) in [5, 5.41) is 11.2. The second-order valence-electron chi connectivity index (χ2n) is 7.49. The highest BCUT2D eigenvalue weighted by molar-refractivity contribution is 6.19. The Morgan fingerprint density at radius 2 is 1.68 bits per heavy atom. The van der Waals surface area contributed by atoms with E-state index in [1.807, 2.05) is 62.4 Å². The third kappa shape index (κ3) is 7.02. The highest BCUT2D eigenvalue weighted by atomic mass is 16.5. The van der Waals surface area contributed by atoms with Crippen LogP contribution in [0, 0.1) is 5.41 Å². The Kier molecular flexibility index (Phi) is 9.92. The van der Waals surface area contributed by atoms with Gasteiger partial charge in [-0.2, -0.15) is 4.99 Å². The Hall–Kier alpha value is -4.50. The van der Waals surface area contributed by atoms with Crippen LogP contribution in [0.15, 0.2) is 88.8 Å². The van der Waals surface area contributed by atoms with Crippen molar-refractivity contribution in [3.63, 3.8) is 0 Å². The molecule has 9 heteroatoms. The molecule has 9 nitrogen and oxygen atoms in total. The van der Waals surface area contributed by atoms with Gasteiger partial charge in [0.15, 0.2) is 0 Å². The Morgan fingerprint density at radius 3 is 2.43 bits per heavy atom. The second kappa shape index (κ2) is 13.6. The first kappa shape index (κ1) is 27.1. The fourth-order valence-corrected chi connectivity index (χ4v) is 3.48. The maximum atomic E-state index is 12.9. The Bertz CT molecular complexity index is 1270. The fourth-order valence-electron chi connectivity index (χ4n) is 3.48. The molecule has 0 radical (unpaired) electrons. The zero-order valence-electron chi connectivity index (χ0n) is 21.1. The summed E-state index contributed by atoms with van der Waals surface area (Å²) in [7, 11) is 1.57. The van der Waals surface area contributed by atoms with Crippen molar-refractivity contribution in [2.24, 2.45) is 15.7 Å². The van der Waals surface area contributed by atoms with Crippen molar-refractivity contribution in [2.45, 2.75) is 20.0 Å². The van der Waals surface area contributed by atoms with Crippen LogP contribution in [0.2, 0.25) is 0 Å². The second-order valence-corrected chi connectivity index (χ2v) is 7.49. The molecule has 4 rings (SSSR count). The van der Waals surface area contributed by atoms with Gasteiger partial charge in [-0.3, -0.25) is 10.2 Å². The number of benzodiazepines with no additional fused rings is 1. The van der Waals surface area contributed by atoms with Crippen molar-refractivity contribution in [2.75, 3.05) is 25.6 Å². The Morgan fingerprint density at radius 1 is 1.00 bits per heavy atom. The predicted molar refractivity (Wildman–Crippen MR) is 146 cm³/mol. The number of para-hydroxylation sites is 2. The number of hydrogen-bond acceptors (Lipinski definition) is 7. The quantitative estimate of drug-likeness (QED) is 0.254. The van der Waals surface area contributed by atoms with Gasteiger partial charge in [-0.15, -0.1) is 0 Å². The van der Waals surface area contributed by atoms with Crippen LogP contribution in [0.1, 0.15) is 30.5 Å². The standard InChI is InChI=1S/C26H25N5O4.C2H6/c1-33-15-16-34-21-14-8-6-12-19(21)23(27)35-26(28)31-24-25(32)29-20-13-7-5-11-18(20)22(30-24)17-9-3-2-4-10-17;1-2/h2-14,24,27H,15-16H2,1H3,(H2,28,31)(H,29,32);1-2H3. The van der Waals surface area contributed by atoms with Gasteiger partial charge in [0.05, 0.1) is 23.6 Å². The van der Waals surface area contributed by atoms with Gasteiger partial charge >= 0.3 is 0 Å². The van der Waals surface area contributed by atoms with E-state index in [-0.39, 0.29) is 11.9 Å². The zero-order valence-corrected chi connectivity index (χ0v) is 21.1. The van der Waals surface area contributed by atoms with Crippen LogP contribution in [0.4, 0.5) is 5.69 Å². The number of fused-ring (bicyclic) bond motifs is 1. The van der Waals surface area contributed by atoms with E-state index < -0.39 is 12.1 Å². The molecule has 1 amide bonds. The molecule has 1 aliphatic rings. The van der Waals surface area contributed by atoms with Gasteiger partial charge in [0.1, 0.15) is 12.4 Å². The smallest absolute Gasteiger partial charge is 0.291 e. The lowest BCUT2D eigenvalue weighted by Crippen LogP contribution is -2.29. The third-order valence-electron chi connectivity index (χ3n) is 5.11. The number of nitrogens with one attached hydrogen (secondary N) is 2. The van der Waals surface area contributed by atoms with Crippen molar-refractivity contribution < 1.29 is 19.0 Å². The number of benzene rings is 3. The summed E-state index contributed by atoms with van der Waals surface area (Å²) in [5.41, 5.74) is 9.17. The van der Waals surface area contributed by atoms with E-state index in [9.17, 15) is 4.79 Å². The molecule has 4 N–H and O–H groups in total. The highest BCUT2D eigenvalue weighted by Crippen LogP contribution is 2.24. The van der Waals surface area contributed by atoms with E-state index in [0.717, 1.165) is 11.1 Å². The minimum absolute atomic E-state index is 0.274. The van der Waals surface area contributed by atoms with Gasteiger partial charge in [0, 0.05) is 18.2 Å². The van der Waals surface area contributed by atoms with E-state index in [0.29, 0.717) is 35.9 Å². The van der Waals surface area contributed by atoms with Crippen LogP contribution in [-0.2, 0) is 14.3 Å². The summed E-state index contributed by atoms with van der Waals surface area (Å²) in [4.78, 5) is 21.7. The molecule has 0 aliphatic carbocycles. The molecule has 0 bridgehead atoms. The number of hydrogen-bond donors (Lipinski definition) is 3. The Labute approximate surface area is 216 Å². The van der Waals surface area contributed by atoms with Crippen LogP contribution < -0.4 is 15.8 Å². The van der Waals surface area contributed by atoms with Crippen LogP contribution in [0.3, 0.4) is 0 Å². The lowest BCUT2D eigenvalue weighted by molar-refractivity contribution is -0.117. The van der Waals surface area contributed by atoms with Gasteiger partial charge in [0.25, 0.3) is 11.9 Å². The summed E-state index contributed by atoms with van der Waals surface area (Å²) in [5.74, 6) is -0.303. The van der Waals surface area contributed by atoms with Crippen molar-refractivity contribution in [1.29, 1.82) is 5.41 Å². The molecule has 3 aromatic carbocycles. The van der Waals surface area contributed by atoms with Crippen LogP contribution in [0.25, 0.3) is 0 Å². The van der Waals surface area contributed by atoms with Crippen LogP contribution in [-0.4, -0.2) is 50.0 Å². The highest BCUT2D eigenvalue weighted by Gasteiger charge is 2.26. The van der Waals surface area contributed by atoms with Crippen molar-refractivity contribution in [1.82, 2.24) is 0 Å². The molecular formula is C28H31N5O4. The number of amides is 1. The normalized spacial score (nSPS) is 14.7. The molecule has 3 aromatic rings. The molecule has 0 saturated carbocycles. The number of carbonyl (C=O) groups is 1. The van der Waals surface area contributed by atoms with E-state index in [1.54, 1.807) is 37.4 Å². The van der Waals surface area contributed by atoms with Gasteiger partial charge < -0.3 is 25.3 Å². The minimum Gasteiger partial charge on any atom is -0.490 e. The largest absolute Gasteiger partial charge is 0.490 e. The monoisotopic (exact) mass is 501 g/mol.